The molecule has 1 aromatic carbocycles. The molecule has 1 N–H and O–H groups in total. The number of aliphatic hydroxyl groups is 1. The molecular formula is C14H22OS. The van der Waals surface area contributed by atoms with Crippen molar-refractivity contribution in [2.24, 2.45) is 5.92 Å². The molecule has 0 fully saturated rings. The fourth-order valence-electron chi connectivity index (χ4n) is 1.42. The van der Waals surface area contributed by atoms with Gasteiger partial charge in [0.05, 0.1) is 6.10 Å². The van der Waals surface area contributed by atoms with Gasteiger partial charge >= 0.3 is 0 Å². The summed E-state index contributed by atoms with van der Waals surface area (Å²) in [4.78, 5) is 1.22. The molecule has 0 aliphatic rings. The van der Waals surface area contributed by atoms with Crippen molar-refractivity contribution in [2.45, 2.75) is 50.4 Å². The summed E-state index contributed by atoms with van der Waals surface area (Å²) in [7, 11) is 0. The molecule has 0 radical (unpaired) electrons. The van der Waals surface area contributed by atoms with Gasteiger partial charge in [-0.2, -0.15) is 0 Å². The average Bonchev–Trinajstić information content (AvgIpc) is 2.28. The van der Waals surface area contributed by atoms with Gasteiger partial charge in [0.15, 0.2) is 0 Å². The molecule has 0 aliphatic carbocycles. The van der Waals surface area contributed by atoms with Crippen molar-refractivity contribution in [3.8, 4) is 0 Å². The zero-order valence-electron chi connectivity index (χ0n) is 10.6. The Morgan fingerprint density at radius 1 is 1.19 bits per heavy atom. The lowest BCUT2D eigenvalue weighted by Crippen LogP contribution is -2.07. The maximum Gasteiger partial charge on any atom is 0.0798 e. The van der Waals surface area contributed by atoms with E-state index < -0.39 is 0 Å². The van der Waals surface area contributed by atoms with E-state index in [9.17, 15) is 5.11 Å². The molecule has 2 unspecified atom stereocenters. The Balaban J connectivity index is 2.86. The number of hydrogen-bond donors (Lipinski definition) is 1. The second-order valence-corrected chi connectivity index (χ2v) is 5.95. The summed E-state index contributed by atoms with van der Waals surface area (Å²) < 4.78 is 0. The first-order valence-corrected chi connectivity index (χ1v) is 6.87. The van der Waals surface area contributed by atoms with E-state index in [1.807, 2.05) is 36.9 Å². The lowest BCUT2D eigenvalue weighted by molar-refractivity contribution is 0.171. The van der Waals surface area contributed by atoms with Gasteiger partial charge in [0.2, 0.25) is 0 Å². The van der Waals surface area contributed by atoms with E-state index in [1.165, 1.54) is 4.90 Å². The number of aliphatic hydroxyl groups excluding tert-OH is 1. The predicted molar refractivity (Wildman–Crippen MR) is 71.8 cm³/mol. The minimum absolute atomic E-state index is 0.330. The lowest BCUT2D eigenvalue weighted by atomic mass is 10.1. The van der Waals surface area contributed by atoms with Crippen LogP contribution < -0.4 is 0 Å². The molecule has 0 amide bonds. The van der Waals surface area contributed by atoms with Gasteiger partial charge < -0.3 is 5.11 Å². The molecule has 0 heterocycles. The van der Waals surface area contributed by atoms with Crippen LogP contribution in [0.5, 0.6) is 0 Å². The van der Waals surface area contributed by atoms with E-state index in [4.69, 9.17) is 0 Å². The summed E-state index contributed by atoms with van der Waals surface area (Å²) >= 11 is 1.86. The topological polar surface area (TPSA) is 20.2 Å². The quantitative estimate of drug-likeness (QED) is 0.773. The van der Waals surface area contributed by atoms with Crippen LogP contribution in [-0.4, -0.2) is 10.4 Å². The molecule has 0 aromatic heterocycles. The Morgan fingerprint density at radius 2 is 1.81 bits per heavy atom. The van der Waals surface area contributed by atoms with Crippen molar-refractivity contribution in [3.63, 3.8) is 0 Å². The third-order valence-corrected chi connectivity index (χ3v) is 4.46. The Labute approximate surface area is 103 Å². The first-order chi connectivity index (χ1) is 7.56. The Kier molecular flexibility index (Phi) is 5.36. The molecule has 1 aromatic rings. The highest BCUT2D eigenvalue weighted by Crippen LogP contribution is 2.33. The second kappa shape index (κ2) is 6.31. The number of thioether (sulfide) groups is 1. The van der Waals surface area contributed by atoms with Gasteiger partial charge in [-0.25, -0.2) is 0 Å². The van der Waals surface area contributed by atoms with Crippen LogP contribution in [0.4, 0.5) is 0 Å². The smallest absolute Gasteiger partial charge is 0.0798 e. The van der Waals surface area contributed by atoms with E-state index in [-0.39, 0.29) is 6.10 Å². The molecule has 2 heteroatoms. The highest BCUT2D eigenvalue weighted by atomic mass is 32.2. The van der Waals surface area contributed by atoms with Gasteiger partial charge in [0.25, 0.3) is 0 Å². The summed E-state index contributed by atoms with van der Waals surface area (Å²) in [6.45, 7) is 8.72. The summed E-state index contributed by atoms with van der Waals surface area (Å²) in [6, 6.07) is 8.18. The molecular weight excluding hydrogens is 216 g/mol. The summed E-state index contributed by atoms with van der Waals surface area (Å²) in [6.07, 6.45) is 0.441. The molecule has 1 rings (SSSR count). The van der Waals surface area contributed by atoms with Gasteiger partial charge in [-0.3, -0.25) is 0 Å². The van der Waals surface area contributed by atoms with Crippen molar-refractivity contribution < 1.29 is 5.11 Å². The molecule has 0 aliphatic heterocycles. The first-order valence-electron chi connectivity index (χ1n) is 5.99. The molecule has 16 heavy (non-hydrogen) atoms. The third-order valence-electron chi connectivity index (χ3n) is 2.92. The first kappa shape index (κ1) is 13.6. The highest BCUT2D eigenvalue weighted by Gasteiger charge is 2.14. The normalized spacial score (nSPS) is 15.1. The highest BCUT2D eigenvalue weighted by molar-refractivity contribution is 8.00. The Bertz CT molecular complexity index is 322. The van der Waals surface area contributed by atoms with E-state index in [0.717, 1.165) is 12.0 Å². The minimum Gasteiger partial charge on any atom is -0.388 e. The molecule has 0 bridgehead atoms. The molecule has 0 saturated heterocycles. The zero-order valence-corrected chi connectivity index (χ0v) is 11.4. The number of hydrogen-bond acceptors (Lipinski definition) is 2. The summed E-state index contributed by atoms with van der Waals surface area (Å²) in [5.41, 5.74) is 1.07. The van der Waals surface area contributed by atoms with Crippen LogP contribution in [0.15, 0.2) is 29.2 Å². The van der Waals surface area contributed by atoms with Crippen LogP contribution in [0, 0.1) is 5.92 Å². The molecule has 0 spiro atoms. The van der Waals surface area contributed by atoms with Crippen LogP contribution in [-0.2, 0) is 0 Å². The van der Waals surface area contributed by atoms with E-state index in [2.05, 4.69) is 26.8 Å². The van der Waals surface area contributed by atoms with Crippen LogP contribution in [0.3, 0.4) is 0 Å². The van der Waals surface area contributed by atoms with Crippen LogP contribution >= 0.6 is 11.8 Å². The monoisotopic (exact) mass is 238 g/mol. The summed E-state index contributed by atoms with van der Waals surface area (Å²) in [5.74, 6) is 0.650. The average molecular weight is 238 g/mol. The SMILES string of the molecule is CCC(O)c1ccccc1SC(C)C(C)C. The number of benzene rings is 1. The van der Waals surface area contributed by atoms with Crippen molar-refractivity contribution in [1.29, 1.82) is 0 Å². The van der Waals surface area contributed by atoms with Crippen LogP contribution in [0.25, 0.3) is 0 Å². The van der Waals surface area contributed by atoms with Crippen molar-refractivity contribution in [3.05, 3.63) is 29.8 Å². The van der Waals surface area contributed by atoms with Crippen molar-refractivity contribution in [1.82, 2.24) is 0 Å². The number of rotatable bonds is 5. The second-order valence-electron chi connectivity index (χ2n) is 4.53. The molecule has 90 valence electrons. The minimum atomic E-state index is -0.330. The standard InChI is InChI=1S/C14H22OS/c1-5-13(15)12-8-6-7-9-14(12)16-11(4)10(2)3/h6-11,13,15H,5H2,1-4H3. The van der Waals surface area contributed by atoms with Gasteiger partial charge in [-0.15, -0.1) is 11.8 Å². The van der Waals surface area contributed by atoms with Crippen molar-refractivity contribution >= 4 is 11.8 Å². The Morgan fingerprint density at radius 3 is 2.38 bits per heavy atom. The van der Waals surface area contributed by atoms with Gasteiger partial charge in [-0.1, -0.05) is 45.9 Å². The largest absolute Gasteiger partial charge is 0.388 e. The van der Waals surface area contributed by atoms with Gasteiger partial charge in [0.1, 0.15) is 0 Å². The maximum absolute atomic E-state index is 9.95. The molecule has 2 atom stereocenters. The van der Waals surface area contributed by atoms with Crippen LogP contribution in [0.1, 0.15) is 45.8 Å². The molecule has 0 saturated carbocycles. The van der Waals surface area contributed by atoms with E-state index in [1.54, 1.807) is 0 Å². The van der Waals surface area contributed by atoms with Gasteiger partial charge in [-0.05, 0) is 24.0 Å². The molecule has 1 nitrogen and oxygen atoms in total. The fourth-order valence-corrected chi connectivity index (χ4v) is 2.59. The van der Waals surface area contributed by atoms with Crippen molar-refractivity contribution in [2.75, 3.05) is 0 Å². The Hall–Kier alpha value is -0.470. The zero-order chi connectivity index (χ0) is 12.1. The fraction of sp³-hybridized carbons (Fsp3) is 0.571. The van der Waals surface area contributed by atoms with E-state index in [0.29, 0.717) is 11.2 Å². The van der Waals surface area contributed by atoms with E-state index >= 15 is 0 Å². The third kappa shape index (κ3) is 3.53. The van der Waals surface area contributed by atoms with Gasteiger partial charge in [0, 0.05) is 10.1 Å². The predicted octanol–water partition coefficient (Wildman–Crippen LogP) is 4.27. The lowest BCUT2D eigenvalue weighted by Gasteiger charge is -2.19. The van der Waals surface area contributed by atoms with Crippen LogP contribution in [0.2, 0.25) is 0 Å². The maximum atomic E-state index is 9.95. The summed E-state index contributed by atoms with van der Waals surface area (Å²) in [5, 5.41) is 10.5.